The van der Waals surface area contributed by atoms with Crippen molar-refractivity contribution >= 4 is 22.6 Å². The maximum absolute atomic E-state index is 11.5. The van der Waals surface area contributed by atoms with Crippen LogP contribution in [0.15, 0.2) is 12.1 Å². The van der Waals surface area contributed by atoms with Crippen LogP contribution in [0.4, 0.5) is 5.69 Å². The molecule has 8 nitrogen and oxygen atoms in total. The van der Waals surface area contributed by atoms with Crippen LogP contribution in [-0.2, 0) is 18.3 Å². The quantitative estimate of drug-likeness (QED) is 0.589. The molecule has 0 radical (unpaired) electrons. The van der Waals surface area contributed by atoms with Gasteiger partial charge in [-0.1, -0.05) is 0 Å². The summed E-state index contributed by atoms with van der Waals surface area (Å²) in [7, 11) is 3.24. The van der Waals surface area contributed by atoms with Gasteiger partial charge in [-0.25, -0.2) is 0 Å². The number of fused-ring (bicyclic) bond motifs is 1. The Bertz CT molecular complexity index is 797. The van der Waals surface area contributed by atoms with Crippen LogP contribution in [0.5, 0.6) is 5.75 Å². The molecule has 1 aromatic heterocycles. The van der Waals surface area contributed by atoms with Crippen LogP contribution in [0, 0.1) is 23.0 Å². The standard InChI is InChI=1S/C16H21N3O5/c1-9-12(6-10(4-5-17)16(20)21)15-13(18(9)2)7-11(24-3)8-14(15)19(22)23/h7-8,10H,4-6,17H2,1-3H3,(H,20,21). The van der Waals surface area contributed by atoms with Crippen LogP contribution in [-0.4, -0.2) is 34.2 Å². The van der Waals surface area contributed by atoms with Gasteiger partial charge >= 0.3 is 5.97 Å². The van der Waals surface area contributed by atoms with E-state index in [0.717, 1.165) is 5.69 Å². The summed E-state index contributed by atoms with van der Waals surface area (Å²) in [5, 5.41) is 21.3. The molecule has 24 heavy (non-hydrogen) atoms. The van der Waals surface area contributed by atoms with E-state index in [1.807, 2.05) is 11.5 Å². The second-order valence-corrected chi connectivity index (χ2v) is 5.74. The van der Waals surface area contributed by atoms with E-state index in [2.05, 4.69) is 0 Å². The highest BCUT2D eigenvalue weighted by molar-refractivity contribution is 5.95. The van der Waals surface area contributed by atoms with Gasteiger partial charge in [0, 0.05) is 18.8 Å². The minimum atomic E-state index is -0.951. The van der Waals surface area contributed by atoms with Crippen molar-refractivity contribution in [1.29, 1.82) is 0 Å². The molecule has 3 N–H and O–H groups in total. The molecule has 0 aliphatic carbocycles. The number of benzene rings is 1. The van der Waals surface area contributed by atoms with Crippen molar-refractivity contribution < 1.29 is 19.6 Å². The van der Waals surface area contributed by atoms with Crippen molar-refractivity contribution in [3.8, 4) is 5.75 Å². The highest BCUT2D eigenvalue weighted by Crippen LogP contribution is 2.37. The molecule has 0 bridgehead atoms. The van der Waals surface area contributed by atoms with Crippen molar-refractivity contribution in [3.63, 3.8) is 0 Å². The number of ether oxygens (including phenoxy) is 1. The molecule has 2 aromatic rings. The minimum absolute atomic E-state index is 0.0834. The number of carbonyl (C=O) groups is 1. The fourth-order valence-electron chi connectivity index (χ4n) is 3.00. The number of aryl methyl sites for hydroxylation is 1. The number of rotatable bonds is 7. The number of aliphatic carboxylic acids is 1. The molecule has 130 valence electrons. The van der Waals surface area contributed by atoms with E-state index < -0.39 is 16.8 Å². The van der Waals surface area contributed by atoms with Gasteiger partial charge in [0.1, 0.15) is 5.75 Å². The molecule has 0 spiro atoms. The molecular weight excluding hydrogens is 314 g/mol. The monoisotopic (exact) mass is 335 g/mol. The maximum atomic E-state index is 11.5. The maximum Gasteiger partial charge on any atom is 0.306 e. The molecule has 0 amide bonds. The Morgan fingerprint density at radius 2 is 2.17 bits per heavy atom. The first-order valence-electron chi connectivity index (χ1n) is 7.54. The van der Waals surface area contributed by atoms with Gasteiger partial charge in [0.05, 0.1) is 34.9 Å². The Labute approximate surface area is 139 Å². The zero-order chi connectivity index (χ0) is 18.0. The summed E-state index contributed by atoms with van der Waals surface area (Å²) in [5.41, 5.74) is 7.53. The van der Waals surface area contributed by atoms with Gasteiger partial charge in [-0.05, 0) is 31.9 Å². The SMILES string of the molecule is COc1cc([N+](=O)[O-])c2c(CC(CCN)C(=O)O)c(C)n(C)c2c1. The summed E-state index contributed by atoms with van der Waals surface area (Å²) in [6.07, 6.45) is 0.512. The first-order valence-corrected chi connectivity index (χ1v) is 7.54. The van der Waals surface area contributed by atoms with E-state index in [1.165, 1.54) is 13.2 Å². The van der Waals surface area contributed by atoms with Gasteiger partial charge in [-0.2, -0.15) is 0 Å². The molecule has 0 aliphatic heterocycles. The molecule has 2 rings (SSSR count). The Balaban J connectivity index is 2.71. The van der Waals surface area contributed by atoms with Crippen LogP contribution in [0.2, 0.25) is 0 Å². The summed E-state index contributed by atoms with van der Waals surface area (Å²) >= 11 is 0. The van der Waals surface area contributed by atoms with Crippen molar-refractivity contribution in [2.45, 2.75) is 19.8 Å². The van der Waals surface area contributed by atoms with Crippen LogP contribution < -0.4 is 10.5 Å². The number of nitro benzene ring substituents is 1. The number of hydrogen-bond acceptors (Lipinski definition) is 5. The minimum Gasteiger partial charge on any atom is -0.496 e. The molecule has 1 unspecified atom stereocenters. The molecule has 1 aromatic carbocycles. The van der Waals surface area contributed by atoms with Crippen LogP contribution in [0.1, 0.15) is 17.7 Å². The topological polar surface area (TPSA) is 121 Å². The molecular formula is C16H21N3O5. The first-order chi connectivity index (χ1) is 11.3. The molecule has 0 saturated heterocycles. The Morgan fingerprint density at radius 3 is 2.67 bits per heavy atom. The largest absolute Gasteiger partial charge is 0.496 e. The number of non-ortho nitro benzene ring substituents is 1. The van der Waals surface area contributed by atoms with Crippen LogP contribution in [0.25, 0.3) is 10.9 Å². The van der Waals surface area contributed by atoms with Crippen molar-refractivity contribution in [2.75, 3.05) is 13.7 Å². The number of aromatic nitrogens is 1. The number of nitrogens with zero attached hydrogens (tertiary/aromatic N) is 2. The predicted octanol–water partition coefficient (Wildman–Crippen LogP) is 2.00. The normalized spacial score (nSPS) is 12.3. The zero-order valence-corrected chi connectivity index (χ0v) is 13.9. The number of methoxy groups -OCH3 is 1. The summed E-state index contributed by atoms with van der Waals surface area (Å²) in [6.45, 7) is 2.07. The lowest BCUT2D eigenvalue weighted by atomic mass is 9.94. The number of carboxylic acid groups (broad SMARTS) is 1. The zero-order valence-electron chi connectivity index (χ0n) is 13.9. The molecule has 1 atom stereocenters. The molecule has 0 saturated carbocycles. The highest BCUT2D eigenvalue weighted by atomic mass is 16.6. The van der Waals surface area contributed by atoms with Gasteiger partial charge < -0.3 is 20.1 Å². The lowest BCUT2D eigenvalue weighted by Gasteiger charge is -2.11. The van der Waals surface area contributed by atoms with E-state index >= 15 is 0 Å². The number of nitrogens with two attached hydrogens (primary N) is 1. The Morgan fingerprint density at radius 1 is 1.50 bits per heavy atom. The third-order valence-corrected chi connectivity index (χ3v) is 4.42. The van der Waals surface area contributed by atoms with E-state index in [4.69, 9.17) is 10.5 Å². The number of hydrogen-bond donors (Lipinski definition) is 2. The lowest BCUT2D eigenvalue weighted by Crippen LogP contribution is -2.20. The van der Waals surface area contributed by atoms with Gasteiger partial charge in [0.2, 0.25) is 0 Å². The summed E-state index contributed by atoms with van der Waals surface area (Å²) in [5.74, 6) is -1.24. The van der Waals surface area contributed by atoms with Crippen LogP contribution >= 0.6 is 0 Å². The molecule has 8 heteroatoms. The fraction of sp³-hybridized carbons (Fsp3) is 0.438. The highest BCUT2D eigenvalue weighted by Gasteiger charge is 2.27. The molecule has 0 fully saturated rings. The number of carboxylic acids is 1. The average Bonchev–Trinajstić information content (AvgIpc) is 2.78. The summed E-state index contributed by atoms with van der Waals surface area (Å²) < 4.78 is 6.97. The molecule has 1 heterocycles. The second kappa shape index (κ2) is 6.88. The van der Waals surface area contributed by atoms with Gasteiger partial charge in [0.15, 0.2) is 0 Å². The van der Waals surface area contributed by atoms with E-state index in [-0.39, 0.29) is 18.7 Å². The summed E-state index contributed by atoms with van der Waals surface area (Å²) in [4.78, 5) is 22.5. The Kier molecular flexibility index (Phi) is 5.08. The van der Waals surface area contributed by atoms with Crippen molar-refractivity contribution in [2.24, 2.45) is 18.7 Å². The smallest absolute Gasteiger partial charge is 0.306 e. The van der Waals surface area contributed by atoms with Crippen molar-refractivity contribution in [1.82, 2.24) is 4.57 Å². The Hall–Kier alpha value is -2.61. The van der Waals surface area contributed by atoms with E-state index in [1.54, 1.807) is 13.1 Å². The van der Waals surface area contributed by atoms with E-state index in [9.17, 15) is 20.0 Å². The van der Waals surface area contributed by atoms with E-state index in [0.29, 0.717) is 28.6 Å². The summed E-state index contributed by atoms with van der Waals surface area (Å²) in [6, 6.07) is 3.08. The average molecular weight is 335 g/mol. The third kappa shape index (κ3) is 3.05. The second-order valence-electron chi connectivity index (χ2n) is 5.74. The van der Waals surface area contributed by atoms with Crippen molar-refractivity contribution in [3.05, 3.63) is 33.5 Å². The number of nitro groups is 1. The van der Waals surface area contributed by atoms with Gasteiger partial charge in [-0.3, -0.25) is 14.9 Å². The molecule has 0 aliphatic rings. The first kappa shape index (κ1) is 17.7. The van der Waals surface area contributed by atoms with Gasteiger partial charge in [-0.15, -0.1) is 0 Å². The lowest BCUT2D eigenvalue weighted by molar-refractivity contribution is -0.383. The predicted molar refractivity (Wildman–Crippen MR) is 89.4 cm³/mol. The fourth-order valence-corrected chi connectivity index (χ4v) is 3.00. The van der Waals surface area contributed by atoms with Crippen LogP contribution in [0.3, 0.4) is 0 Å². The third-order valence-electron chi connectivity index (χ3n) is 4.42. The van der Waals surface area contributed by atoms with Gasteiger partial charge in [0.25, 0.3) is 5.69 Å².